The summed E-state index contributed by atoms with van der Waals surface area (Å²) in [6.07, 6.45) is 2.22. The van der Waals surface area contributed by atoms with Gasteiger partial charge in [0.2, 0.25) is 10.0 Å². The first kappa shape index (κ1) is 18.0. The van der Waals surface area contributed by atoms with Gasteiger partial charge in [0.15, 0.2) is 0 Å². The van der Waals surface area contributed by atoms with Gasteiger partial charge in [-0.05, 0) is 41.0 Å². The number of phenols is 1. The van der Waals surface area contributed by atoms with Crippen molar-refractivity contribution in [3.63, 3.8) is 0 Å². The number of sulfonamides is 1. The summed E-state index contributed by atoms with van der Waals surface area (Å²) in [7, 11) is -3.34. The molecule has 0 aromatic heterocycles. The Morgan fingerprint density at radius 3 is 1.87 bits per heavy atom. The van der Waals surface area contributed by atoms with Crippen LogP contribution in [0.3, 0.4) is 0 Å². The monoisotopic (exact) mass is 337 g/mol. The summed E-state index contributed by atoms with van der Waals surface area (Å²) in [6, 6.07) is 3.79. The Bertz CT molecular complexity index is 712. The summed E-state index contributed by atoms with van der Waals surface area (Å²) >= 11 is 0. The van der Waals surface area contributed by atoms with E-state index in [1.807, 2.05) is 53.7 Å². The summed E-state index contributed by atoms with van der Waals surface area (Å²) < 4.78 is 26.5. The van der Waals surface area contributed by atoms with Crippen LogP contribution in [-0.4, -0.2) is 20.1 Å². The first-order valence-corrected chi connectivity index (χ1v) is 9.39. The maximum absolute atomic E-state index is 12.0. The van der Waals surface area contributed by atoms with E-state index < -0.39 is 10.0 Å². The molecule has 1 heterocycles. The van der Waals surface area contributed by atoms with Gasteiger partial charge < -0.3 is 5.11 Å². The van der Waals surface area contributed by atoms with Gasteiger partial charge in [-0.1, -0.05) is 41.5 Å². The van der Waals surface area contributed by atoms with Gasteiger partial charge in [0, 0.05) is 17.7 Å². The molecule has 5 heteroatoms. The van der Waals surface area contributed by atoms with Crippen molar-refractivity contribution in [3.8, 4) is 5.75 Å². The molecule has 2 N–H and O–H groups in total. The van der Waals surface area contributed by atoms with Crippen LogP contribution < -0.4 is 4.72 Å². The number of nitrogens with one attached hydrogen (secondary N) is 1. The normalized spacial score (nSPS) is 20.2. The van der Waals surface area contributed by atoms with E-state index in [0.29, 0.717) is 23.6 Å². The highest BCUT2D eigenvalue weighted by molar-refractivity contribution is 7.93. The van der Waals surface area contributed by atoms with E-state index in [4.69, 9.17) is 0 Å². The number of phenolic OH excluding ortho intramolecular Hbond substituents is 1. The summed E-state index contributed by atoms with van der Waals surface area (Å²) in [5.41, 5.74) is 2.02. The molecule has 1 fully saturated rings. The Labute approximate surface area is 139 Å². The van der Waals surface area contributed by atoms with E-state index >= 15 is 0 Å². The van der Waals surface area contributed by atoms with Gasteiger partial charge in [0.1, 0.15) is 5.75 Å². The molecule has 128 valence electrons. The molecule has 1 aromatic rings. The van der Waals surface area contributed by atoms with Crippen molar-refractivity contribution in [1.29, 1.82) is 0 Å². The predicted octanol–water partition coefficient (Wildman–Crippen LogP) is 3.65. The molecule has 1 saturated heterocycles. The Kier molecular flexibility index (Phi) is 4.41. The third-order valence-corrected chi connectivity index (χ3v) is 5.68. The van der Waals surface area contributed by atoms with Gasteiger partial charge in [0.05, 0.1) is 4.91 Å². The smallest absolute Gasteiger partial charge is 0.236 e. The second-order valence-corrected chi connectivity index (χ2v) is 10.0. The number of hydrogen-bond acceptors (Lipinski definition) is 3. The minimum atomic E-state index is -3.34. The number of hydrogen-bond donors (Lipinski definition) is 2. The molecule has 23 heavy (non-hydrogen) atoms. The molecule has 0 aliphatic carbocycles. The fourth-order valence-corrected chi connectivity index (χ4v) is 3.97. The number of aromatic hydroxyl groups is 1. The number of rotatable bonds is 1. The van der Waals surface area contributed by atoms with Crippen LogP contribution in [0, 0.1) is 0 Å². The van der Waals surface area contributed by atoms with Crippen LogP contribution in [0.1, 0.15) is 64.7 Å². The Morgan fingerprint density at radius 1 is 1.04 bits per heavy atom. The van der Waals surface area contributed by atoms with Crippen LogP contribution in [0.25, 0.3) is 6.08 Å². The van der Waals surface area contributed by atoms with Crippen molar-refractivity contribution >= 4 is 16.1 Å². The van der Waals surface area contributed by atoms with Crippen LogP contribution in [0.2, 0.25) is 0 Å². The average molecular weight is 337 g/mol. The lowest BCUT2D eigenvalue weighted by Gasteiger charge is -2.28. The van der Waals surface area contributed by atoms with Gasteiger partial charge in [-0.25, -0.2) is 13.1 Å². The lowest BCUT2D eigenvalue weighted by atomic mass is 9.78. The largest absolute Gasteiger partial charge is 0.507 e. The fraction of sp³-hybridized carbons (Fsp3) is 0.556. The average Bonchev–Trinajstić information content (AvgIpc) is 2.68. The van der Waals surface area contributed by atoms with Crippen molar-refractivity contribution in [2.24, 2.45) is 0 Å². The minimum absolute atomic E-state index is 0.231. The zero-order valence-electron chi connectivity index (χ0n) is 14.8. The number of benzene rings is 1. The van der Waals surface area contributed by atoms with Gasteiger partial charge in [-0.3, -0.25) is 0 Å². The van der Waals surface area contributed by atoms with Crippen LogP contribution >= 0.6 is 0 Å². The quantitative estimate of drug-likeness (QED) is 0.822. The van der Waals surface area contributed by atoms with Crippen molar-refractivity contribution in [3.05, 3.63) is 33.7 Å². The molecule has 0 bridgehead atoms. The minimum Gasteiger partial charge on any atom is -0.507 e. The third kappa shape index (κ3) is 3.78. The van der Waals surface area contributed by atoms with Crippen LogP contribution in [0.15, 0.2) is 17.0 Å². The topological polar surface area (TPSA) is 66.4 Å². The lowest BCUT2D eigenvalue weighted by molar-refractivity contribution is 0.423. The summed E-state index contributed by atoms with van der Waals surface area (Å²) in [5, 5.41) is 10.7. The van der Waals surface area contributed by atoms with E-state index in [2.05, 4.69) is 4.72 Å². The van der Waals surface area contributed by atoms with Crippen molar-refractivity contribution in [1.82, 2.24) is 4.72 Å². The highest BCUT2D eigenvalue weighted by Crippen LogP contribution is 2.40. The van der Waals surface area contributed by atoms with E-state index in [0.717, 1.165) is 16.7 Å². The molecule has 0 saturated carbocycles. The maximum atomic E-state index is 12.0. The van der Waals surface area contributed by atoms with Crippen molar-refractivity contribution in [2.75, 3.05) is 6.54 Å². The summed E-state index contributed by atoms with van der Waals surface area (Å²) in [4.78, 5) is 0.405. The molecule has 1 aliphatic heterocycles. The van der Waals surface area contributed by atoms with Gasteiger partial charge in [-0.2, -0.15) is 0 Å². The highest BCUT2D eigenvalue weighted by Gasteiger charge is 2.28. The zero-order valence-corrected chi connectivity index (χ0v) is 15.6. The molecule has 0 radical (unpaired) electrons. The van der Waals surface area contributed by atoms with E-state index in [1.54, 1.807) is 6.08 Å². The van der Waals surface area contributed by atoms with Crippen LogP contribution in [0.4, 0.5) is 0 Å². The summed E-state index contributed by atoms with van der Waals surface area (Å²) in [5.74, 6) is 0.305. The molecule has 0 unspecified atom stereocenters. The standard InChI is InChI=1S/C18H27NO3S/c1-17(2,3)14-10-12(9-13-7-8-19-23(13,21)22)11-15(16(14)20)18(4,5)6/h9-11,19-20H,7-8H2,1-6H3/b13-9-. The fourth-order valence-electron chi connectivity index (χ4n) is 2.75. The second kappa shape index (κ2) is 5.64. The lowest BCUT2D eigenvalue weighted by Crippen LogP contribution is -2.17. The third-order valence-electron chi connectivity index (χ3n) is 4.08. The SMILES string of the molecule is CC(C)(C)c1cc(/C=C2/CCNS2(=O)=O)cc(C(C)(C)C)c1O. The molecule has 4 nitrogen and oxygen atoms in total. The molecule has 2 rings (SSSR count). The predicted molar refractivity (Wildman–Crippen MR) is 95.0 cm³/mol. The Balaban J connectivity index is 2.69. The van der Waals surface area contributed by atoms with Gasteiger partial charge in [-0.15, -0.1) is 0 Å². The van der Waals surface area contributed by atoms with Crippen LogP contribution in [-0.2, 0) is 20.9 Å². The molecule has 0 spiro atoms. The van der Waals surface area contributed by atoms with E-state index in [-0.39, 0.29) is 10.8 Å². The Hall–Kier alpha value is -1.33. The second-order valence-electron chi connectivity index (χ2n) is 8.22. The van der Waals surface area contributed by atoms with Gasteiger partial charge >= 0.3 is 0 Å². The Morgan fingerprint density at radius 2 is 1.52 bits per heavy atom. The molecule has 1 aliphatic rings. The molecule has 1 aromatic carbocycles. The molecule has 0 amide bonds. The maximum Gasteiger partial charge on any atom is 0.236 e. The highest BCUT2D eigenvalue weighted by atomic mass is 32.2. The molecular weight excluding hydrogens is 310 g/mol. The van der Waals surface area contributed by atoms with Crippen LogP contribution in [0.5, 0.6) is 5.75 Å². The van der Waals surface area contributed by atoms with E-state index in [1.165, 1.54) is 0 Å². The molecular formula is C18H27NO3S. The molecule has 0 atom stereocenters. The summed E-state index contributed by atoms with van der Waals surface area (Å²) in [6.45, 7) is 12.7. The first-order chi connectivity index (χ1) is 10.3. The first-order valence-electron chi connectivity index (χ1n) is 7.90. The van der Waals surface area contributed by atoms with Crippen molar-refractivity contribution in [2.45, 2.75) is 58.8 Å². The zero-order chi connectivity index (χ0) is 17.6. The van der Waals surface area contributed by atoms with Gasteiger partial charge in [0.25, 0.3) is 0 Å². The van der Waals surface area contributed by atoms with Crippen molar-refractivity contribution < 1.29 is 13.5 Å². The van der Waals surface area contributed by atoms with E-state index in [9.17, 15) is 13.5 Å².